The van der Waals surface area contributed by atoms with E-state index >= 15 is 0 Å². The van der Waals surface area contributed by atoms with Crippen molar-refractivity contribution in [3.63, 3.8) is 0 Å². The second-order valence-corrected chi connectivity index (χ2v) is 8.79. The standard InChI is InChI=1S/C24H22N2S/c1-24(2)14-19(13-20(15-24)21(16-25)17-26)8-10-23-12-11-22(27-23)9-7-18-5-3-4-6-18/h3-13,18H,14-15H2,1-2H3/b9-7+,10-8+. The van der Waals surface area contributed by atoms with Gasteiger partial charge in [-0.2, -0.15) is 10.5 Å². The van der Waals surface area contributed by atoms with Gasteiger partial charge in [-0.1, -0.05) is 56.4 Å². The highest BCUT2D eigenvalue weighted by Gasteiger charge is 2.26. The fourth-order valence-electron chi connectivity index (χ4n) is 3.41. The third kappa shape index (κ3) is 5.07. The number of hydrogen-bond donors (Lipinski definition) is 0. The third-order valence-corrected chi connectivity index (χ3v) is 5.64. The predicted molar refractivity (Wildman–Crippen MR) is 114 cm³/mol. The molecule has 0 amide bonds. The van der Waals surface area contributed by atoms with Crippen LogP contribution in [0.5, 0.6) is 0 Å². The Kier molecular flexibility index (Phi) is 5.75. The van der Waals surface area contributed by atoms with Gasteiger partial charge < -0.3 is 0 Å². The number of nitriles is 2. The van der Waals surface area contributed by atoms with Crippen molar-refractivity contribution in [2.45, 2.75) is 26.7 Å². The van der Waals surface area contributed by atoms with Gasteiger partial charge in [0.2, 0.25) is 0 Å². The summed E-state index contributed by atoms with van der Waals surface area (Å²) in [5, 5.41) is 18.4. The highest BCUT2D eigenvalue weighted by Crippen LogP contribution is 2.39. The topological polar surface area (TPSA) is 47.6 Å². The molecule has 1 aromatic rings. The molecule has 3 rings (SSSR count). The van der Waals surface area contributed by atoms with Crippen molar-refractivity contribution in [3.8, 4) is 12.1 Å². The van der Waals surface area contributed by atoms with Crippen molar-refractivity contribution >= 4 is 23.5 Å². The van der Waals surface area contributed by atoms with Crippen LogP contribution in [0.15, 0.2) is 71.4 Å². The van der Waals surface area contributed by atoms with Crippen LogP contribution in [0.3, 0.4) is 0 Å². The van der Waals surface area contributed by atoms with Crippen LogP contribution in [0.25, 0.3) is 12.2 Å². The van der Waals surface area contributed by atoms with Crippen LogP contribution in [-0.2, 0) is 0 Å². The fraction of sp³-hybridized carbons (Fsp3) is 0.250. The van der Waals surface area contributed by atoms with E-state index in [-0.39, 0.29) is 11.0 Å². The Morgan fingerprint density at radius 2 is 1.70 bits per heavy atom. The van der Waals surface area contributed by atoms with Gasteiger partial charge in [0, 0.05) is 15.7 Å². The third-order valence-electron chi connectivity index (χ3n) is 4.63. The van der Waals surface area contributed by atoms with Crippen molar-refractivity contribution in [1.82, 2.24) is 0 Å². The summed E-state index contributed by atoms with van der Waals surface area (Å²) in [5.41, 5.74) is 2.29. The van der Waals surface area contributed by atoms with Crippen molar-refractivity contribution in [3.05, 3.63) is 81.1 Å². The summed E-state index contributed by atoms with van der Waals surface area (Å²) < 4.78 is 0. The Morgan fingerprint density at radius 1 is 1.04 bits per heavy atom. The first-order valence-electron chi connectivity index (χ1n) is 9.04. The first kappa shape index (κ1) is 18.9. The normalized spacial score (nSPS) is 18.8. The largest absolute Gasteiger partial charge is 0.192 e. The molecule has 0 radical (unpaired) electrons. The molecule has 134 valence electrons. The quantitative estimate of drug-likeness (QED) is 0.560. The highest BCUT2D eigenvalue weighted by molar-refractivity contribution is 7.13. The number of allylic oxidation sites excluding steroid dienone is 10. The molecule has 0 atom stereocenters. The van der Waals surface area contributed by atoms with Crippen LogP contribution in [0.2, 0.25) is 0 Å². The maximum atomic E-state index is 9.18. The Labute approximate surface area is 165 Å². The number of thiophene rings is 1. The van der Waals surface area contributed by atoms with Crippen LogP contribution in [-0.4, -0.2) is 0 Å². The molecule has 0 bridgehead atoms. The lowest BCUT2D eigenvalue weighted by molar-refractivity contribution is 0.354. The summed E-state index contributed by atoms with van der Waals surface area (Å²) in [6, 6.07) is 8.32. The lowest BCUT2D eigenvalue weighted by Gasteiger charge is -2.30. The van der Waals surface area contributed by atoms with Crippen LogP contribution in [0.4, 0.5) is 0 Å². The summed E-state index contributed by atoms with van der Waals surface area (Å²) in [5.74, 6) is 0.403. The maximum absolute atomic E-state index is 9.18. The smallest absolute Gasteiger partial charge is 0.132 e. The minimum absolute atomic E-state index is 0.0500. The molecule has 2 nitrogen and oxygen atoms in total. The molecule has 0 saturated carbocycles. The Bertz CT molecular complexity index is 950. The molecular weight excluding hydrogens is 348 g/mol. The van der Waals surface area contributed by atoms with Crippen LogP contribution >= 0.6 is 11.3 Å². The molecule has 0 fully saturated rings. The molecule has 2 aliphatic rings. The van der Waals surface area contributed by atoms with E-state index < -0.39 is 0 Å². The van der Waals surface area contributed by atoms with E-state index in [1.54, 1.807) is 11.3 Å². The minimum atomic E-state index is 0.0500. The summed E-state index contributed by atoms with van der Waals surface area (Å²) in [6.45, 7) is 4.36. The van der Waals surface area contributed by atoms with Crippen molar-refractivity contribution < 1.29 is 0 Å². The zero-order valence-electron chi connectivity index (χ0n) is 15.6. The molecule has 0 aromatic carbocycles. The molecule has 2 aliphatic carbocycles. The van der Waals surface area contributed by atoms with E-state index in [0.717, 1.165) is 24.0 Å². The molecule has 1 aromatic heterocycles. The Morgan fingerprint density at radius 3 is 2.37 bits per heavy atom. The Balaban J connectivity index is 1.76. The van der Waals surface area contributed by atoms with Gasteiger partial charge in [-0.25, -0.2) is 0 Å². The Hall–Kier alpha value is -2.88. The number of nitrogens with zero attached hydrogens (tertiary/aromatic N) is 2. The molecule has 27 heavy (non-hydrogen) atoms. The van der Waals surface area contributed by atoms with E-state index in [0.29, 0.717) is 5.92 Å². The van der Waals surface area contributed by atoms with Crippen molar-refractivity contribution in [2.75, 3.05) is 0 Å². The minimum Gasteiger partial charge on any atom is -0.192 e. The first-order valence-corrected chi connectivity index (χ1v) is 9.86. The van der Waals surface area contributed by atoms with Gasteiger partial charge in [-0.05, 0) is 53.7 Å². The fourth-order valence-corrected chi connectivity index (χ4v) is 4.24. The lowest BCUT2D eigenvalue weighted by atomic mass is 9.74. The van der Waals surface area contributed by atoms with E-state index in [9.17, 15) is 10.5 Å². The van der Waals surface area contributed by atoms with E-state index in [1.165, 1.54) is 9.75 Å². The number of hydrogen-bond acceptors (Lipinski definition) is 3. The molecule has 0 N–H and O–H groups in total. The van der Waals surface area contributed by atoms with Crippen LogP contribution < -0.4 is 0 Å². The summed E-state index contributed by atoms with van der Waals surface area (Å²) in [6.07, 6.45) is 20.8. The van der Waals surface area contributed by atoms with Crippen LogP contribution in [0.1, 0.15) is 36.4 Å². The van der Waals surface area contributed by atoms with Gasteiger partial charge in [0.15, 0.2) is 0 Å². The average molecular weight is 371 g/mol. The zero-order valence-corrected chi connectivity index (χ0v) is 16.5. The monoisotopic (exact) mass is 370 g/mol. The molecule has 1 heterocycles. The second-order valence-electron chi connectivity index (χ2n) is 7.64. The van der Waals surface area contributed by atoms with Crippen LogP contribution in [0, 0.1) is 34.0 Å². The molecule has 0 aliphatic heterocycles. The summed E-state index contributed by atoms with van der Waals surface area (Å²) >= 11 is 1.76. The van der Waals surface area contributed by atoms with E-state index in [2.05, 4.69) is 74.6 Å². The SMILES string of the molecule is CC1(C)CC(/C=C/c2ccc(/C=C/C3C=CC=C3)s2)=CC(=C(C#N)C#N)C1. The summed E-state index contributed by atoms with van der Waals surface area (Å²) in [4.78, 5) is 2.43. The first-order chi connectivity index (χ1) is 13.0. The average Bonchev–Trinajstić information content (AvgIpc) is 3.30. The highest BCUT2D eigenvalue weighted by atomic mass is 32.1. The zero-order chi connectivity index (χ0) is 19.3. The summed E-state index contributed by atoms with van der Waals surface area (Å²) in [7, 11) is 0. The molecule has 0 saturated heterocycles. The maximum Gasteiger partial charge on any atom is 0.132 e. The van der Waals surface area contributed by atoms with Gasteiger partial charge in [0.05, 0.1) is 0 Å². The number of rotatable bonds is 4. The van der Waals surface area contributed by atoms with Gasteiger partial charge in [0.25, 0.3) is 0 Å². The van der Waals surface area contributed by atoms with Gasteiger partial charge in [0.1, 0.15) is 17.7 Å². The second kappa shape index (κ2) is 8.21. The molecule has 3 heteroatoms. The van der Waals surface area contributed by atoms with Gasteiger partial charge in [-0.15, -0.1) is 11.3 Å². The molecule has 0 spiro atoms. The van der Waals surface area contributed by atoms with Gasteiger partial charge in [-0.3, -0.25) is 0 Å². The van der Waals surface area contributed by atoms with Crippen molar-refractivity contribution in [1.29, 1.82) is 10.5 Å². The predicted octanol–water partition coefficient (Wildman–Crippen LogP) is 6.61. The molecule has 0 unspecified atom stereocenters. The van der Waals surface area contributed by atoms with E-state index in [4.69, 9.17) is 0 Å². The molecular formula is C24H22N2S. The van der Waals surface area contributed by atoms with Crippen molar-refractivity contribution in [2.24, 2.45) is 11.3 Å². The lowest BCUT2D eigenvalue weighted by Crippen LogP contribution is -2.17. The van der Waals surface area contributed by atoms with Gasteiger partial charge >= 0.3 is 0 Å². The van der Waals surface area contributed by atoms with E-state index in [1.807, 2.05) is 18.2 Å².